The predicted molar refractivity (Wildman–Crippen MR) is 163 cm³/mol. The maximum Gasteiger partial charge on any atom is 0.437 e. The Kier molecular flexibility index (Phi) is 16.7. The van der Waals surface area contributed by atoms with Crippen LogP contribution in [0.25, 0.3) is 0 Å². The Balaban J connectivity index is 0.00000191. The number of nitrogens with zero attached hydrogens (tertiary/aromatic N) is 2. The number of esters is 1. The first-order valence-corrected chi connectivity index (χ1v) is 14.6. The molecule has 1 aromatic carbocycles. The molecule has 0 spiro atoms. The molecule has 1 heterocycles. The van der Waals surface area contributed by atoms with Crippen molar-refractivity contribution in [3.05, 3.63) is 93.9 Å². The molecule has 1 aliphatic carbocycles. The van der Waals surface area contributed by atoms with Crippen LogP contribution in [0.15, 0.2) is 81.1 Å². The molecular weight excluding hydrogens is 504 g/mol. The number of carbonyl (C=O) groups excluding carboxylic acids is 1. The lowest BCUT2D eigenvalue weighted by Gasteiger charge is -2.13. The molecule has 7 nitrogen and oxygen atoms in total. The minimum Gasteiger partial charge on any atom is -0.479 e. The Hall–Kier alpha value is -3.61. The summed E-state index contributed by atoms with van der Waals surface area (Å²) in [6.45, 7) is 16.4. The lowest BCUT2D eigenvalue weighted by molar-refractivity contribution is -0.150. The van der Waals surface area contributed by atoms with Crippen LogP contribution in [0, 0.1) is 5.92 Å². The third-order valence-corrected chi connectivity index (χ3v) is 5.84. The zero-order valence-corrected chi connectivity index (χ0v) is 25.6. The molecular formula is C33H48N2O5. The molecule has 2 atom stereocenters. The first kappa shape index (κ1) is 34.4. The van der Waals surface area contributed by atoms with Gasteiger partial charge in [-0.1, -0.05) is 90.1 Å². The van der Waals surface area contributed by atoms with Crippen molar-refractivity contribution >= 4 is 5.97 Å². The van der Waals surface area contributed by atoms with E-state index >= 15 is 0 Å². The Labute approximate surface area is 240 Å². The molecule has 7 heteroatoms. The van der Waals surface area contributed by atoms with E-state index in [1.54, 1.807) is 13.8 Å². The minimum atomic E-state index is -0.656. The highest BCUT2D eigenvalue weighted by molar-refractivity contribution is 5.74. The Morgan fingerprint density at radius 2 is 1.80 bits per heavy atom. The van der Waals surface area contributed by atoms with Crippen LogP contribution in [0.4, 0.5) is 0 Å². The third kappa shape index (κ3) is 11.6. The Morgan fingerprint density at radius 3 is 2.42 bits per heavy atom. The number of allylic oxidation sites excluding steroid dienone is 8. The van der Waals surface area contributed by atoms with Gasteiger partial charge in [-0.3, -0.25) is 0 Å². The fourth-order valence-electron chi connectivity index (χ4n) is 3.90. The minimum absolute atomic E-state index is 0.326. The van der Waals surface area contributed by atoms with Crippen LogP contribution in [0.1, 0.15) is 79.7 Å². The number of rotatable bonds is 12. The van der Waals surface area contributed by atoms with Gasteiger partial charge in [0.05, 0.1) is 13.2 Å². The second kappa shape index (κ2) is 19.4. The van der Waals surface area contributed by atoms with Gasteiger partial charge in [-0.25, -0.2) is 9.59 Å². The van der Waals surface area contributed by atoms with Crippen molar-refractivity contribution in [1.29, 1.82) is 0 Å². The highest BCUT2D eigenvalue weighted by atomic mass is 16.6. The van der Waals surface area contributed by atoms with E-state index in [4.69, 9.17) is 13.9 Å². The van der Waals surface area contributed by atoms with E-state index in [0.29, 0.717) is 37.1 Å². The Bertz CT molecular complexity index is 1180. The maximum atomic E-state index is 12.4. The van der Waals surface area contributed by atoms with Crippen LogP contribution < -0.4 is 10.5 Å². The molecule has 0 saturated carbocycles. The van der Waals surface area contributed by atoms with E-state index in [-0.39, 0.29) is 5.97 Å². The van der Waals surface area contributed by atoms with Crippen molar-refractivity contribution in [1.82, 2.24) is 9.78 Å². The highest BCUT2D eigenvalue weighted by Gasteiger charge is 2.15. The van der Waals surface area contributed by atoms with Crippen molar-refractivity contribution < 1.29 is 18.7 Å². The number of benzene rings is 1. The van der Waals surface area contributed by atoms with Gasteiger partial charge in [-0.15, -0.1) is 5.10 Å². The second-order valence-corrected chi connectivity index (χ2v) is 8.79. The van der Waals surface area contributed by atoms with E-state index in [1.807, 2.05) is 58.0 Å². The van der Waals surface area contributed by atoms with Crippen molar-refractivity contribution in [2.75, 3.05) is 6.61 Å². The van der Waals surface area contributed by atoms with Gasteiger partial charge < -0.3 is 13.9 Å². The number of hydrogen-bond donors (Lipinski definition) is 0. The summed E-state index contributed by atoms with van der Waals surface area (Å²) in [6.07, 6.45) is 15.0. The monoisotopic (exact) mass is 552 g/mol. The first-order chi connectivity index (χ1) is 19.4. The van der Waals surface area contributed by atoms with Crippen molar-refractivity contribution in [3.63, 3.8) is 0 Å². The number of aryl methyl sites for hydroxylation is 2. The average molecular weight is 553 g/mol. The maximum absolute atomic E-state index is 12.4. The predicted octanol–water partition coefficient (Wildman–Crippen LogP) is 7.42. The number of aromatic nitrogens is 2. The quantitative estimate of drug-likeness (QED) is 0.255. The fourth-order valence-corrected chi connectivity index (χ4v) is 3.90. The molecule has 0 N–H and O–H groups in total. The normalized spacial score (nSPS) is 15.9. The van der Waals surface area contributed by atoms with E-state index in [0.717, 1.165) is 30.4 Å². The molecule has 3 rings (SSSR count). The number of hydrogen-bond acceptors (Lipinski definition) is 6. The van der Waals surface area contributed by atoms with E-state index in [1.165, 1.54) is 10.3 Å². The van der Waals surface area contributed by atoms with Crippen LogP contribution in [0.3, 0.4) is 0 Å². The molecule has 1 aliphatic rings. The van der Waals surface area contributed by atoms with Crippen LogP contribution >= 0.6 is 0 Å². The standard InChI is InChI=1S/C29H36N2O5.2C2H6/c1-5-10-24(19-25-13-8-7-11-21(25)3)20-31-29(33)36-27(30-31)14-9-12-23-15-17-26(18-16-23)35-22(4)28(32)34-6-2;2*1-2/h7-8,10-11,13,15-19,21-22H,5-6,9,12,14,20H2,1-4H3;2*1-2H3/b24-10+,25-19-;;. The summed E-state index contributed by atoms with van der Waals surface area (Å²) >= 11 is 0. The van der Waals surface area contributed by atoms with Gasteiger partial charge in [0, 0.05) is 6.42 Å². The molecule has 0 radical (unpaired) electrons. The summed E-state index contributed by atoms with van der Waals surface area (Å²) in [4.78, 5) is 24.1. The summed E-state index contributed by atoms with van der Waals surface area (Å²) in [5.74, 6) is 0.579. The number of ether oxygens (including phenoxy) is 2. The lowest BCUT2D eigenvalue weighted by Crippen LogP contribution is -2.26. The van der Waals surface area contributed by atoms with Crippen molar-refractivity contribution in [3.8, 4) is 5.75 Å². The molecule has 0 bridgehead atoms. The molecule has 0 aliphatic heterocycles. The van der Waals surface area contributed by atoms with Gasteiger partial charge in [0.15, 0.2) is 6.10 Å². The molecule has 40 heavy (non-hydrogen) atoms. The SMILES string of the molecule is CC.CC.CC/C=C(\C=C1\C=CC=CC1C)Cn1nc(CCCc2ccc(OC(C)C(=O)OCC)cc2)oc1=O. The molecule has 0 amide bonds. The largest absolute Gasteiger partial charge is 0.479 e. The van der Waals surface area contributed by atoms with E-state index < -0.39 is 11.9 Å². The molecule has 0 saturated heterocycles. The lowest BCUT2D eigenvalue weighted by atomic mass is 9.94. The molecule has 2 aromatic rings. The van der Waals surface area contributed by atoms with Gasteiger partial charge in [-0.05, 0) is 67.9 Å². The van der Waals surface area contributed by atoms with E-state index in [2.05, 4.69) is 49.3 Å². The summed E-state index contributed by atoms with van der Waals surface area (Å²) in [5, 5.41) is 4.43. The topological polar surface area (TPSA) is 83.6 Å². The van der Waals surface area contributed by atoms with E-state index in [9.17, 15) is 9.59 Å². The van der Waals surface area contributed by atoms with Crippen LogP contribution in [0.2, 0.25) is 0 Å². The van der Waals surface area contributed by atoms with Gasteiger partial charge in [0.25, 0.3) is 0 Å². The molecule has 0 fully saturated rings. The third-order valence-electron chi connectivity index (χ3n) is 5.84. The van der Waals surface area contributed by atoms with Crippen LogP contribution in [0.5, 0.6) is 5.75 Å². The summed E-state index contributed by atoms with van der Waals surface area (Å²) in [7, 11) is 0. The smallest absolute Gasteiger partial charge is 0.437 e. The fraction of sp³-hybridized carbons (Fsp3) is 0.485. The highest BCUT2D eigenvalue weighted by Crippen LogP contribution is 2.21. The van der Waals surface area contributed by atoms with Crippen LogP contribution in [-0.2, 0) is 28.9 Å². The van der Waals surface area contributed by atoms with Crippen molar-refractivity contribution in [2.24, 2.45) is 5.92 Å². The second-order valence-electron chi connectivity index (χ2n) is 8.79. The van der Waals surface area contributed by atoms with Gasteiger partial charge in [0.2, 0.25) is 5.89 Å². The molecule has 220 valence electrons. The van der Waals surface area contributed by atoms with Gasteiger partial charge >= 0.3 is 11.7 Å². The average Bonchev–Trinajstić information content (AvgIpc) is 3.31. The number of carbonyl (C=O) groups is 1. The van der Waals surface area contributed by atoms with Crippen molar-refractivity contribution in [2.45, 2.75) is 93.7 Å². The summed E-state index contributed by atoms with van der Waals surface area (Å²) < 4.78 is 17.4. The summed E-state index contributed by atoms with van der Waals surface area (Å²) in [5.41, 5.74) is 3.37. The molecule has 1 aromatic heterocycles. The van der Waals surface area contributed by atoms with Crippen LogP contribution in [-0.4, -0.2) is 28.5 Å². The van der Waals surface area contributed by atoms with Gasteiger partial charge in [-0.2, -0.15) is 4.68 Å². The summed E-state index contributed by atoms with van der Waals surface area (Å²) in [6, 6.07) is 7.61. The first-order valence-electron chi connectivity index (χ1n) is 14.6. The van der Waals surface area contributed by atoms with Gasteiger partial charge in [0.1, 0.15) is 5.75 Å². The zero-order chi connectivity index (χ0) is 29.9. The molecule has 2 unspecified atom stereocenters. The zero-order valence-electron chi connectivity index (χ0n) is 25.6. The Morgan fingerprint density at radius 1 is 1.10 bits per heavy atom.